The molecule has 0 saturated carbocycles. The molecule has 1 N–H and O–H groups in total. The van der Waals surface area contributed by atoms with Crippen molar-refractivity contribution in [3.63, 3.8) is 0 Å². The van der Waals surface area contributed by atoms with Crippen molar-refractivity contribution in [1.82, 2.24) is 0 Å². The first-order chi connectivity index (χ1) is 5.75. The monoisotopic (exact) mass is 284 g/mol. The van der Waals surface area contributed by atoms with Crippen LogP contribution < -0.4 is 0 Å². The minimum Gasteiger partial charge on any atom is -0.346 e. The molecule has 86 valence electrons. The van der Waals surface area contributed by atoms with Gasteiger partial charge in [-0.3, -0.25) is 0 Å². The fourth-order valence-corrected chi connectivity index (χ4v) is 0.783. The highest BCUT2D eigenvalue weighted by Crippen LogP contribution is 2.55. The van der Waals surface area contributed by atoms with Crippen LogP contribution in [0.2, 0.25) is 0 Å². The zero-order chi connectivity index (χ0) is 12.0. The van der Waals surface area contributed by atoms with E-state index in [4.69, 9.17) is 5.11 Å². The molecule has 0 saturated heterocycles. The molecule has 0 aromatic carbocycles. The number of rotatable bonds is 3. The van der Waals surface area contributed by atoms with Crippen LogP contribution in [0.15, 0.2) is 0 Å². The summed E-state index contributed by atoms with van der Waals surface area (Å²) >= 11 is 11.8. The molecular weight excluding hydrogens is 284 g/mol. The van der Waals surface area contributed by atoms with E-state index < -0.39 is 21.7 Å². The SMILES string of the molecule is OC(F)(Cl)C(F)(Cl)C(F)(F)C(F)(F)Cl. The molecule has 0 aliphatic heterocycles. The minimum absolute atomic E-state index is 3.77. The molecule has 1 nitrogen and oxygen atoms in total. The molecule has 2 unspecified atom stereocenters. The van der Waals surface area contributed by atoms with E-state index in [1.165, 1.54) is 0 Å². The first-order valence-corrected chi connectivity index (χ1v) is 3.81. The number of hydrogen-bond donors (Lipinski definition) is 1. The van der Waals surface area contributed by atoms with Gasteiger partial charge in [-0.2, -0.15) is 22.0 Å². The van der Waals surface area contributed by atoms with Crippen molar-refractivity contribution >= 4 is 34.8 Å². The molecule has 0 rings (SSSR count). The first-order valence-electron chi connectivity index (χ1n) is 2.67. The smallest absolute Gasteiger partial charge is 0.346 e. The molecule has 0 aliphatic rings. The second kappa shape index (κ2) is 3.47. The summed E-state index contributed by atoms with van der Waals surface area (Å²) in [5, 5.41) is -7.73. The average Bonchev–Trinajstić information content (AvgIpc) is 1.81. The lowest BCUT2D eigenvalue weighted by molar-refractivity contribution is -0.260. The Morgan fingerprint density at radius 3 is 1.14 bits per heavy atom. The Balaban J connectivity index is 5.30. The lowest BCUT2D eigenvalue weighted by Crippen LogP contribution is -2.59. The van der Waals surface area contributed by atoms with E-state index in [1.54, 1.807) is 0 Å². The number of aliphatic hydroxyl groups is 1. The van der Waals surface area contributed by atoms with Gasteiger partial charge in [0.05, 0.1) is 0 Å². The molecule has 0 amide bonds. The van der Waals surface area contributed by atoms with Crippen molar-refractivity contribution in [3.8, 4) is 0 Å². The molecule has 0 aromatic rings. The average molecular weight is 285 g/mol. The van der Waals surface area contributed by atoms with E-state index in [9.17, 15) is 26.3 Å². The summed E-state index contributed by atoms with van der Waals surface area (Å²) in [6.07, 6.45) is 0. The van der Waals surface area contributed by atoms with Crippen LogP contribution in [0.4, 0.5) is 26.3 Å². The van der Waals surface area contributed by atoms with E-state index in [2.05, 4.69) is 34.8 Å². The summed E-state index contributed by atoms with van der Waals surface area (Å²) in [6.45, 7) is 0. The van der Waals surface area contributed by atoms with Crippen LogP contribution in [-0.2, 0) is 0 Å². The summed E-state index contributed by atoms with van der Waals surface area (Å²) in [4.78, 5) is 0. The van der Waals surface area contributed by atoms with Crippen LogP contribution in [0.3, 0.4) is 0 Å². The predicted molar refractivity (Wildman–Crippen MR) is 37.3 cm³/mol. The fraction of sp³-hybridized carbons (Fsp3) is 1.00. The summed E-state index contributed by atoms with van der Waals surface area (Å²) in [7, 11) is 0. The van der Waals surface area contributed by atoms with Crippen LogP contribution in [0.25, 0.3) is 0 Å². The fourth-order valence-electron chi connectivity index (χ4n) is 0.367. The lowest BCUT2D eigenvalue weighted by Gasteiger charge is -2.33. The highest BCUT2D eigenvalue weighted by molar-refractivity contribution is 6.33. The standard InChI is InChI=1S/C4HCl3F6O/c5-1(8,4(7,13)14)2(9,10)3(6,11)12/h14H. The molecule has 10 heteroatoms. The zero-order valence-corrected chi connectivity index (χ0v) is 8.12. The Morgan fingerprint density at radius 2 is 1.07 bits per heavy atom. The Labute approximate surface area is 88.5 Å². The molecule has 0 aromatic heterocycles. The van der Waals surface area contributed by atoms with Gasteiger partial charge in [0.15, 0.2) is 0 Å². The number of halogens is 9. The molecule has 0 fully saturated rings. The predicted octanol–water partition coefficient (Wildman–Crippen LogP) is 3.21. The van der Waals surface area contributed by atoms with Crippen LogP contribution in [-0.4, -0.2) is 26.9 Å². The first kappa shape index (κ1) is 14.4. The highest BCUT2D eigenvalue weighted by Gasteiger charge is 2.77. The third-order valence-electron chi connectivity index (χ3n) is 1.13. The number of hydrogen-bond acceptors (Lipinski definition) is 1. The summed E-state index contributed by atoms with van der Waals surface area (Å²) < 4.78 is 73.1. The van der Waals surface area contributed by atoms with Gasteiger partial charge >= 0.3 is 21.7 Å². The zero-order valence-electron chi connectivity index (χ0n) is 5.85. The summed E-state index contributed by atoms with van der Waals surface area (Å²) in [5.41, 5.74) is 0. The van der Waals surface area contributed by atoms with Crippen molar-refractivity contribution in [2.45, 2.75) is 21.7 Å². The normalized spacial score (nSPS) is 22.7. The van der Waals surface area contributed by atoms with Crippen molar-refractivity contribution in [3.05, 3.63) is 0 Å². The van der Waals surface area contributed by atoms with Gasteiger partial charge in [-0.1, -0.05) is 11.6 Å². The maximum absolute atomic E-state index is 12.6. The lowest BCUT2D eigenvalue weighted by atomic mass is 10.2. The maximum Gasteiger partial charge on any atom is 0.389 e. The van der Waals surface area contributed by atoms with Gasteiger partial charge in [0.1, 0.15) is 0 Å². The molecule has 2 atom stereocenters. The van der Waals surface area contributed by atoms with Gasteiger partial charge < -0.3 is 5.11 Å². The minimum atomic E-state index is -5.91. The van der Waals surface area contributed by atoms with Gasteiger partial charge in [0.25, 0.3) is 0 Å². The summed E-state index contributed by atoms with van der Waals surface area (Å²) in [5.74, 6) is -5.91. The van der Waals surface area contributed by atoms with Crippen LogP contribution in [0, 0.1) is 0 Å². The van der Waals surface area contributed by atoms with Gasteiger partial charge in [-0.15, -0.1) is 0 Å². The van der Waals surface area contributed by atoms with E-state index in [1.807, 2.05) is 0 Å². The quantitative estimate of drug-likeness (QED) is 0.623. The van der Waals surface area contributed by atoms with Crippen LogP contribution >= 0.6 is 34.8 Å². The molecular formula is C4HCl3F6O. The Hall–Kier alpha value is 0.410. The van der Waals surface area contributed by atoms with Crippen LogP contribution in [0.5, 0.6) is 0 Å². The molecule has 14 heavy (non-hydrogen) atoms. The van der Waals surface area contributed by atoms with E-state index in [0.29, 0.717) is 0 Å². The van der Waals surface area contributed by atoms with Crippen molar-refractivity contribution in [1.29, 1.82) is 0 Å². The molecule has 0 radical (unpaired) electrons. The largest absolute Gasteiger partial charge is 0.389 e. The van der Waals surface area contributed by atoms with Gasteiger partial charge in [0, 0.05) is 0 Å². The number of alkyl halides is 9. The van der Waals surface area contributed by atoms with Gasteiger partial charge in [-0.05, 0) is 23.2 Å². The Bertz CT molecular complexity index is 194. The third-order valence-corrected chi connectivity index (χ3v) is 2.21. The maximum atomic E-state index is 12.6. The molecule has 0 heterocycles. The van der Waals surface area contributed by atoms with Crippen LogP contribution in [0.1, 0.15) is 0 Å². The highest BCUT2D eigenvalue weighted by atomic mass is 35.5. The van der Waals surface area contributed by atoms with Crippen molar-refractivity contribution < 1.29 is 31.4 Å². The summed E-state index contributed by atoms with van der Waals surface area (Å²) in [6, 6.07) is 0. The third kappa shape index (κ3) is 2.15. The molecule has 0 spiro atoms. The topological polar surface area (TPSA) is 20.2 Å². The van der Waals surface area contributed by atoms with Crippen molar-refractivity contribution in [2.75, 3.05) is 0 Å². The van der Waals surface area contributed by atoms with Crippen molar-refractivity contribution in [2.24, 2.45) is 0 Å². The van der Waals surface area contributed by atoms with E-state index in [-0.39, 0.29) is 0 Å². The second-order valence-electron chi connectivity index (χ2n) is 2.19. The Kier molecular flexibility index (Phi) is 3.57. The Morgan fingerprint density at radius 1 is 0.786 bits per heavy atom. The van der Waals surface area contributed by atoms with E-state index >= 15 is 0 Å². The van der Waals surface area contributed by atoms with Gasteiger partial charge in [0.2, 0.25) is 0 Å². The second-order valence-corrected chi connectivity index (χ2v) is 3.68. The molecule has 0 aliphatic carbocycles. The van der Waals surface area contributed by atoms with Gasteiger partial charge in [-0.25, -0.2) is 4.39 Å². The molecule has 0 bridgehead atoms. The van der Waals surface area contributed by atoms with E-state index in [0.717, 1.165) is 0 Å².